The van der Waals surface area contributed by atoms with Crippen molar-refractivity contribution in [3.05, 3.63) is 34.1 Å². The molecule has 1 aromatic carbocycles. The van der Waals surface area contributed by atoms with Crippen LogP contribution >= 0.6 is 15.9 Å². The van der Waals surface area contributed by atoms with Crippen molar-refractivity contribution in [3.63, 3.8) is 0 Å². The molecule has 0 radical (unpaired) electrons. The molecule has 1 aromatic rings. The highest BCUT2D eigenvalue weighted by Gasteiger charge is 2.42. The van der Waals surface area contributed by atoms with Crippen molar-refractivity contribution in [1.29, 1.82) is 0 Å². The number of nitro benzene ring substituents is 1. The van der Waals surface area contributed by atoms with Gasteiger partial charge in [0.25, 0.3) is 0 Å². The first-order valence-corrected chi connectivity index (χ1v) is 6.80. The minimum atomic E-state index is -0.898. The van der Waals surface area contributed by atoms with Crippen molar-refractivity contribution in [2.45, 2.75) is 30.4 Å². The van der Waals surface area contributed by atoms with E-state index in [0.717, 1.165) is 18.6 Å². The summed E-state index contributed by atoms with van der Waals surface area (Å²) in [6.07, 6.45) is 0.511. The van der Waals surface area contributed by atoms with Crippen LogP contribution in [0.25, 0.3) is 0 Å². The van der Waals surface area contributed by atoms with Crippen LogP contribution in [0.3, 0.4) is 0 Å². The highest BCUT2D eigenvalue weighted by Crippen LogP contribution is 2.34. The lowest BCUT2D eigenvalue weighted by atomic mass is 9.91. The van der Waals surface area contributed by atoms with Crippen LogP contribution in [0, 0.1) is 15.9 Å². The van der Waals surface area contributed by atoms with Gasteiger partial charge in [-0.25, -0.2) is 0 Å². The highest BCUT2D eigenvalue weighted by molar-refractivity contribution is 9.09. The van der Waals surface area contributed by atoms with Gasteiger partial charge in [0.1, 0.15) is 18.0 Å². The maximum atomic E-state index is 13.4. The molecule has 1 fully saturated rings. The first kappa shape index (κ1) is 14.2. The van der Waals surface area contributed by atoms with Gasteiger partial charge in [-0.1, -0.05) is 15.9 Å². The summed E-state index contributed by atoms with van der Waals surface area (Å²) < 4.78 is 24.5. The molecule has 1 aliphatic carbocycles. The molecular weight excluding hydrogens is 321 g/mol. The van der Waals surface area contributed by atoms with Gasteiger partial charge in [-0.05, 0) is 13.0 Å². The van der Waals surface area contributed by atoms with E-state index < -0.39 is 16.4 Å². The first-order chi connectivity index (χ1) is 9.02. The molecule has 104 valence electrons. The third kappa shape index (κ3) is 3.03. The van der Waals surface area contributed by atoms with Gasteiger partial charge in [0.05, 0.1) is 4.92 Å². The number of rotatable bonds is 5. The minimum absolute atomic E-state index is 0.0803. The van der Waals surface area contributed by atoms with Crippen LogP contribution in [0.1, 0.15) is 13.3 Å². The van der Waals surface area contributed by atoms with Gasteiger partial charge in [0, 0.05) is 30.0 Å². The Kier molecular flexibility index (Phi) is 4.36. The molecule has 1 saturated carbocycles. The van der Waals surface area contributed by atoms with Crippen LogP contribution in [-0.2, 0) is 4.74 Å². The summed E-state index contributed by atoms with van der Waals surface area (Å²) in [6.45, 7) is 2.46. The molecule has 19 heavy (non-hydrogen) atoms. The van der Waals surface area contributed by atoms with Gasteiger partial charge in [-0.3, -0.25) is 10.1 Å². The number of alkyl halides is 1. The Balaban J connectivity index is 2.04. The number of halogens is 2. The van der Waals surface area contributed by atoms with E-state index in [1.807, 2.05) is 6.92 Å². The van der Waals surface area contributed by atoms with E-state index in [1.54, 1.807) is 0 Å². The zero-order valence-corrected chi connectivity index (χ0v) is 11.8. The monoisotopic (exact) mass is 333 g/mol. The molecule has 2 rings (SSSR count). The maximum Gasteiger partial charge on any atom is 0.305 e. The number of hydrogen-bond donors (Lipinski definition) is 0. The first-order valence-electron chi connectivity index (χ1n) is 5.89. The van der Waals surface area contributed by atoms with E-state index in [9.17, 15) is 14.5 Å². The summed E-state index contributed by atoms with van der Waals surface area (Å²) in [7, 11) is 0. The molecule has 0 N–H and O–H groups in total. The second-order valence-electron chi connectivity index (χ2n) is 4.20. The molecule has 7 heteroatoms. The molecule has 0 amide bonds. The molecule has 0 aromatic heterocycles. The van der Waals surface area contributed by atoms with Gasteiger partial charge in [-0.15, -0.1) is 0 Å². The second-order valence-corrected chi connectivity index (χ2v) is 5.37. The van der Waals surface area contributed by atoms with Gasteiger partial charge in [0.15, 0.2) is 0 Å². The number of hydrogen-bond acceptors (Lipinski definition) is 4. The molecule has 1 aliphatic rings. The van der Waals surface area contributed by atoms with E-state index >= 15 is 0 Å². The lowest BCUT2D eigenvalue weighted by Gasteiger charge is -2.40. The average Bonchev–Trinajstić information content (AvgIpc) is 2.35. The number of benzene rings is 1. The summed E-state index contributed by atoms with van der Waals surface area (Å²) >= 11 is 3.46. The SMILES string of the molecule is CCOC1C(Br)CC1Oc1ccc([N+](=O)[O-])c(F)c1. The van der Waals surface area contributed by atoms with Gasteiger partial charge in [-0.2, -0.15) is 4.39 Å². The fourth-order valence-electron chi connectivity index (χ4n) is 1.93. The molecule has 0 spiro atoms. The Morgan fingerprint density at radius 2 is 2.32 bits per heavy atom. The molecule has 3 atom stereocenters. The van der Waals surface area contributed by atoms with Crippen LogP contribution in [0.4, 0.5) is 10.1 Å². The Bertz CT molecular complexity index is 485. The third-order valence-corrected chi connectivity index (χ3v) is 3.84. The predicted octanol–water partition coefficient (Wildman–Crippen LogP) is 3.05. The second kappa shape index (κ2) is 5.83. The maximum absolute atomic E-state index is 13.4. The Morgan fingerprint density at radius 1 is 1.58 bits per heavy atom. The van der Waals surface area contributed by atoms with Gasteiger partial charge >= 0.3 is 5.69 Å². The van der Waals surface area contributed by atoms with Crippen molar-refractivity contribution in [2.75, 3.05) is 6.61 Å². The molecule has 0 heterocycles. The zero-order chi connectivity index (χ0) is 14.0. The quantitative estimate of drug-likeness (QED) is 0.472. The van der Waals surface area contributed by atoms with Crippen molar-refractivity contribution in [1.82, 2.24) is 0 Å². The lowest BCUT2D eigenvalue weighted by Crippen LogP contribution is -2.52. The minimum Gasteiger partial charge on any atom is -0.488 e. The summed E-state index contributed by atoms with van der Waals surface area (Å²) in [5.74, 6) is -0.623. The highest BCUT2D eigenvalue weighted by atomic mass is 79.9. The summed E-state index contributed by atoms with van der Waals surface area (Å²) in [5, 5.41) is 10.5. The van der Waals surface area contributed by atoms with Gasteiger partial charge < -0.3 is 9.47 Å². The van der Waals surface area contributed by atoms with Crippen LogP contribution in [0.2, 0.25) is 0 Å². The summed E-state index contributed by atoms with van der Waals surface area (Å²) in [5.41, 5.74) is -0.555. The molecule has 0 saturated heterocycles. The normalized spacial score (nSPS) is 25.7. The smallest absolute Gasteiger partial charge is 0.305 e. The van der Waals surface area contributed by atoms with E-state index in [4.69, 9.17) is 9.47 Å². The third-order valence-electron chi connectivity index (χ3n) is 2.94. The topological polar surface area (TPSA) is 61.6 Å². The molecule has 0 aliphatic heterocycles. The number of ether oxygens (including phenoxy) is 2. The fourth-order valence-corrected chi connectivity index (χ4v) is 2.79. The number of nitrogens with zero attached hydrogens (tertiary/aromatic N) is 1. The lowest BCUT2D eigenvalue weighted by molar-refractivity contribution is -0.387. The van der Waals surface area contributed by atoms with Crippen LogP contribution in [0.15, 0.2) is 18.2 Å². The van der Waals surface area contributed by atoms with E-state index in [2.05, 4.69) is 15.9 Å². The van der Waals surface area contributed by atoms with Crippen molar-refractivity contribution >= 4 is 21.6 Å². The number of nitro groups is 1. The van der Waals surface area contributed by atoms with E-state index in [-0.39, 0.29) is 22.8 Å². The summed E-state index contributed by atoms with van der Waals surface area (Å²) in [6, 6.07) is 3.53. The standard InChI is InChI=1S/C12H13BrFNO4/c1-2-18-12-8(13)6-11(12)19-7-3-4-10(15(16)17)9(14)5-7/h3-5,8,11-12H,2,6H2,1H3. The summed E-state index contributed by atoms with van der Waals surface area (Å²) in [4.78, 5) is 9.96. The largest absolute Gasteiger partial charge is 0.488 e. The fraction of sp³-hybridized carbons (Fsp3) is 0.500. The predicted molar refractivity (Wildman–Crippen MR) is 70.2 cm³/mol. The van der Waals surface area contributed by atoms with Crippen molar-refractivity contribution < 1.29 is 18.8 Å². The van der Waals surface area contributed by atoms with Crippen LogP contribution in [0.5, 0.6) is 5.75 Å². The van der Waals surface area contributed by atoms with E-state index in [1.165, 1.54) is 6.07 Å². The van der Waals surface area contributed by atoms with Crippen LogP contribution in [-0.4, -0.2) is 28.6 Å². The molecular formula is C12H13BrFNO4. The Morgan fingerprint density at radius 3 is 2.84 bits per heavy atom. The zero-order valence-electron chi connectivity index (χ0n) is 10.2. The van der Waals surface area contributed by atoms with Crippen molar-refractivity contribution in [2.24, 2.45) is 0 Å². The Labute approximate surface area is 118 Å². The van der Waals surface area contributed by atoms with E-state index in [0.29, 0.717) is 6.61 Å². The van der Waals surface area contributed by atoms with Crippen LogP contribution < -0.4 is 4.74 Å². The van der Waals surface area contributed by atoms with Gasteiger partial charge in [0.2, 0.25) is 5.82 Å². The Hall–Kier alpha value is -1.21. The van der Waals surface area contributed by atoms with Crippen molar-refractivity contribution in [3.8, 4) is 5.75 Å². The molecule has 5 nitrogen and oxygen atoms in total. The average molecular weight is 334 g/mol. The molecule has 3 unspecified atom stereocenters. The molecule has 0 bridgehead atoms.